The number of nitrogens with two attached hydrogens (primary N) is 1. The molecule has 1 saturated carbocycles. The third-order valence-electron chi connectivity index (χ3n) is 3.79. The fourth-order valence-corrected chi connectivity index (χ4v) is 2.87. The molecule has 0 aliphatic heterocycles. The lowest BCUT2D eigenvalue weighted by molar-refractivity contribution is -0.117. The number of benzene rings is 1. The number of carbonyl (C=O) groups is 1. The van der Waals surface area contributed by atoms with Crippen LogP contribution in [0, 0.1) is 5.92 Å². The topological polar surface area (TPSA) is 55.1 Å². The molecule has 3 nitrogen and oxygen atoms in total. The average Bonchev–Trinajstić information content (AvgIpc) is 2.39. The van der Waals surface area contributed by atoms with E-state index in [-0.39, 0.29) is 5.91 Å². The summed E-state index contributed by atoms with van der Waals surface area (Å²) in [5.41, 5.74) is 6.59. The van der Waals surface area contributed by atoms with Crippen molar-refractivity contribution in [1.82, 2.24) is 5.32 Å². The van der Waals surface area contributed by atoms with E-state index in [9.17, 15) is 4.79 Å². The van der Waals surface area contributed by atoms with Crippen LogP contribution < -0.4 is 11.1 Å². The van der Waals surface area contributed by atoms with Gasteiger partial charge in [0.05, 0.1) is 6.54 Å². The first-order valence-electron chi connectivity index (χ1n) is 6.81. The maximum Gasteiger partial charge on any atom is 0.231 e. The van der Waals surface area contributed by atoms with Crippen LogP contribution >= 0.6 is 0 Å². The van der Waals surface area contributed by atoms with Gasteiger partial charge in [-0.15, -0.1) is 0 Å². The quantitative estimate of drug-likeness (QED) is 0.833. The van der Waals surface area contributed by atoms with Crippen LogP contribution in [0.3, 0.4) is 0 Å². The van der Waals surface area contributed by atoms with E-state index in [2.05, 4.69) is 29.6 Å². The van der Waals surface area contributed by atoms with Crippen molar-refractivity contribution < 1.29 is 4.79 Å². The molecule has 1 aromatic rings. The van der Waals surface area contributed by atoms with Crippen LogP contribution in [0.25, 0.3) is 0 Å². The molecule has 2 atom stereocenters. The lowest BCUT2D eigenvalue weighted by Gasteiger charge is -2.32. The van der Waals surface area contributed by atoms with Gasteiger partial charge in [0, 0.05) is 6.04 Å². The summed E-state index contributed by atoms with van der Waals surface area (Å²) in [5.74, 6) is 0.361. The van der Waals surface area contributed by atoms with E-state index in [1.807, 2.05) is 6.07 Å². The zero-order valence-corrected chi connectivity index (χ0v) is 10.8. The molecule has 1 amide bonds. The summed E-state index contributed by atoms with van der Waals surface area (Å²) in [5, 5.41) is 3.32. The fourth-order valence-electron chi connectivity index (χ4n) is 2.87. The molecule has 1 aliphatic carbocycles. The van der Waals surface area contributed by atoms with Gasteiger partial charge >= 0.3 is 0 Å². The maximum atomic E-state index is 10.9. The van der Waals surface area contributed by atoms with Gasteiger partial charge in [-0.05, 0) is 30.7 Å². The second kappa shape index (κ2) is 6.55. The molecule has 0 aromatic heterocycles. The summed E-state index contributed by atoms with van der Waals surface area (Å²) in [6.07, 6.45) is 6.04. The van der Waals surface area contributed by atoms with E-state index in [1.165, 1.54) is 24.8 Å². The van der Waals surface area contributed by atoms with Gasteiger partial charge in [-0.3, -0.25) is 4.79 Å². The summed E-state index contributed by atoms with van der Waals surface area (Å²) >= 11 is 0. The molecular weight excluding hydrogens is 224 g/mol. The van der Waals surface area contributed by atoms with E-state index in [0.717, 1.165) is 12.8 Å². The van der Waals surface area contributed by atoms with Crippen LogP contribution in [0.1, 0.15) is 31.2 Å². The molecule has 0 saturated heterocycles. The van der Waals surface area contributed by atoms with Crippen LogP contribution in [0.15, 0.2) is 30.3 Å². The minimum absolute atomic E-state index is 0.265. The van der Waals surface area contributed by atoms with Gasteiger partial charge in [-0.2, -0.15) is 0 Å². The first-order chi connectivity index (χ1) is 8.75. The summed E-state index contributed by atoms with van der Waals surface area (Å²) < 4.78 is 0. The van der Waals surface area contributed by atoms with Crippen LogP contribution in [0.5, 0.6) is 0 Å². The van der Waals surface area contributed by atoms with E-state index < -0.39 is 0 Å². The molecule has 0 bridgehead atoms. The number of rotatable bonds is 5. The second-order valence-electron chi connectivity index (χ2n) is 5.19. The summed E-state index contributed by atoms with van der Waals surface area (Å²) in [4.78, 5) is 10.9. The van der Waals surface area contributed by atoms with Crippen molar-refractivity contribution in [2.24, 2.45) is 11.7 Å². The van der Waals surface area contributed by atoms with Gasteiger partial charge in [0.2, 0.25) is 5.91 Å². The monoisotopic (exact) mass is 246 g/mol. The summed E-state index contributed by atoms with van der Waals surface area (Å²) in [7, 11) is 0. The highest BCUT2D eigenvalue weighted by Crippen LogP contribution is 2.27. The lowest BCUT2D eigenvalue weighted by atomic mass is 9.80. The van der Waals surface area contributed by atoms with Crippen molar-refractivity contribution in [2.45, 2.75) is 38.1 Å². The molecule has 1 aromatic carbocycles. The zero-order chi connectivity index (χ0) is 12.8. The third kappa shape index (κ3) is 3.84. The Morgan fingerprint density at radius 2 is 1.94 bits per heavy atom. The smallest absolute Gasteiger partial charge is 0.231 e. The first-order valence-corrected chi connectivity index (χ1v) is 6.81. The van der Waals surface area contributed by atoms with Crippen molar-refractivity contribution in [3.63, 3.8) is 0 Å². The Morgan fingerprint density at radius 3 is 2.67 bits per heavy atom. The number of hydrogen-bond acceptors (Lipinski definition) is 2. The van der Waals surface area contributed by atoms with Crippen LogP contribution in [-0.2, 0) is 11.2 Å². The molecule has 98 valence electrons. The second-order valence-corrected chi connectivity index (χ2v) is 5.19. The minimum Gasteiger partial charge on any atom is -0.369 e. The van der Waals surface area contributed by atoms with Gasteiger partial charge in [0.25, 0.3) is 0 Å². The summed E-state index contributed by atoms with van der Waals surface area (Å²) in [6, 6.07) is 11.0. The molecule has 0 unspecified atom stereocenters. The number of hydrogen-bond donors (Lipinski definition) is 2. The van der Waals surface area contributed by atoms with Crippen LogP contribution in [0.2, 0.25) is 0 Å². The van der Waals surface area contributed by atoms with E-state index >= 15 is 0 Å². The van der Waals surface area contributed by atoms with Crippen molar-refractivity contribution in [3.05, 3.63) is 35.9 Å². The van der Waals surface area contributed by atoms with Crippen molar-refractivity contribution in [1.29, 1.82) is 0 Å². The third-order valence-corrected chi connectivity index (χ3v) is 3.79. The zero-order valence-electron chi connectivity index (χ0n) is 10.8. The molecule has 2 rings (SSSR count). The van der Waals surface area contributed by atoms with Crippen LogP contribution in [-0.4, -0.2) is 18.5 Å². The minimum atomic E-state index is -0.265. The normalized spacial score (nSPS) is 23.8. The molecule has 1 fully saturated rings. The van der Waals surface area contributed by atoms with E-state index in [1.54, 1.807) is 0 Å². The molecule has 0 heterocycles. The van der Waals surface area contributed by atoms with Crippen LogP contribution in [0.4, 0.5) is 0 Å². The molecule has 0 radical (unpaired) electrons. The number of primary amides is 1. The Balaban J connectivity index is 1.93. The molecular formula is C15H22N2O. The summed E-state index contributed by atoms with van der Waals surface area (Å²) in [6.45, 7) is 0.302. The highest BCUT2D eigenvalue weighted by atomic mass is 16.1. The maximum absolute atomic E-state index is 10.9. The number of nitrogens with one attached hydrogen (secondary N) is 1. The van der Waals surface area contributed by atoms with E-state index in [0.29, 0.717) is 18.5 Å². The van der Waals surface area contributed by atoms with E-state index in [4.69, 9.17) is 5.73 Å². The highest BCUT2D eigenvalue weighted by Gasteiger charge is 2.24. The molecule has 0 spiro atoms. The van der Waals surface area contributed by atoms with Gasteiger partial charge in [0.1, 0.15) is 0 Å². The number of carbonyl (C=O) groups excluding carboxylic acids is 1. The Labute approximate surface area is 109 Å². The SMILES string of the molecule is NC(=O)CN[C@H]1CCCC[C@H]1Cc1ccccc1. The van der Waals surface area contributed by atoms with Crippen molar-refractivity contribution >= 4 is 5.91 Å². The Hall–Kier alpha value is -1.35. The van der Waals surface area contributed by atoms with Crippen molar-refractivity contribution in [3.8, 4) is 0 Å². The molecule has 1 aliphatic rings. The predicted molar refractivity (Wildman–Crippen MR) is 73.1 cm³/mol. The predicted octanol–water partition coefficient (Wildman–Crippen LogP) is 1.86. The van der Waals surface area contributed by atoms with Gasteiger partial charge in [0.15, 0.2) is 0 Å². The molecule has 3 N–H and O–H groups in total. The van der Waals surface area contributed by atoms with Crippen molar-refractivity contribution in [2.75, 3.05) is 6.54 Å². The molecule has 3 heteroatoms. The Morgan fingerprint density at radius 1 is 1.22 bits per heavy atom. The Bertz CT molecular complexity index is 377. The molecule has 18 heavy (non-hydrogen) atoms. The van der Waals surface area contributed by atoms with Gasteiger partial charge in [-0.1, -0.05) is 43.2 Å². The van der Waals surface area contributed by atoms with Gasteiger partial charge < -0.3 is 11.1 Å². The highest BCUT2D eigenvalue weighted by molar-refractivity contribution is 5.75. The average molecular weight is 246 g/mol. The number of amides is 1. The lowest BCUT2D eigenvalue weighted by Crippen LogP contribution is -2.43. The first kappa shape index (κ1) is 13.1. The van der Waals surface area contributed by atoms with Gasteiger partial charge in [-0.25, -0.2) is 0 Å². The largest absolute Gasteiger partial charge is 0.369 e. The fraction of sp³-hybridized carbons (Fsp3) is 0.533. The standard InChI is InChI=1S/C15H22N2O/c16-15(18)11-17-14-9-5-4-8-13(14)10-12-6-2-1-3-7-12/h1-3,6-7,13-14,17H,4-5,8-11H2,(H2,16,18)/t13-,14-/m0/s1. The Kier molecular flexibility index (Phi) is 4.76.